The highest BCUT2D eigenvalue weighted by Gasteiger charge is 2.10. The molecule has 0 aliphatic heterocycles. The van der Waals surface area contributed by atoms with Crippen LogP contribution >= 0.6 is 27.5 Å². The number of nitrogens with zero attached hydrogens (tertiary/aromatic N) is 1. The van der Waals surface area contributed by atoms with Gasteiger partial charge in [-0.1, -0.05) is 45.7 Å². The zero-order valence-corrected chi connectivity index (χ0v) is 14.2. The first-order chi connectivity index (χ1) is 9.95. The molecule has 0 aliphatic carbocycles. The second kappa shape index (κ2) is 6.96. The number of rotatable bonds is 3. The van der Waals surface area contributed by atoms with Crippen LogP contribution < -0.4 is 5.32 Å². The van der Waals surface area contributed by atoms with Crippen LogP contribution in [0.3, 0.4) is 0 Å². The van der Waals surface area contributed by atoms with Gasteiger partial charge in [0.1, 0.15) is 0 Å². The van der Waals surface area contributed by atoms with E-state index in [1.807, 2.05) is 43.3 Å². The van der Waals surface area contributed by atoms with E-state index in [9.17, 15) is 4.79 Å². The normalized spacial score (nSPS) is 10.3. The van der Waals surface area contributed by atoms with Gasteiger partial charge in [-0.25, -0.2) is 4.79 Å². The van der Waals surface area contributed by atoms with E-state index in [1.165, 1.54) is 0 Å². The summed E-state index contributed by atoms with van der Waals surface area (Å²) in [6, 6.07) is 13.2. The summed E-state index contributed by atoms with van der Waals surface area (Å²) in [6.07, 6.45) is 0. The van der Waals surface area contributed by atoms with Crippen molar-refractivity contribution in [3.63, 3.8) is 0 Å². The summed E-state index contributed by atoms with van der Waals surface area (Å²) in [7, 11) is 1.76. The van der Waals surface area contributed by atoms with Gasteiger partial charge in [0.25, 0.3) is 0 Å². The van der Waals surface area contributed by atoms with Gasteiger partial charge in [0.2, 0.25) is 0 Å². The van der Waals surface area contributed by atoms with Gasteiger partial charge in [0.05, 0.1) is 0 Å². The summed E-state index contributed by atoms with van der Waals surface area (Å²) in [5, 5.41) is 3.48. The highest BCUT2D eigenvalue weighted by molar-refractivity contribution is 9.10. The van der Waals surface area contributed by atoms with Gasteiger partial charge in [0.15, 0.2) is 0 Å². The SMILES string of the molecule is Cc1ccc(NC(=O)N(C)Cc2cccc(Br)c2)cc1Cl. The number of urea groups is 1. The summed E-state index contributed by atoms with van der Waals surface area (Å²) in [6.45, 7) is 2.46. The van der Waals surface area contributed by atoms with Crippen molar-refractivity contribution in [1.82, 2.24) is 4.90 Å². The molecule has 2 aromatic carbocycles. The Balaban J connectivity index is 2.00. The van der Waals surface area contributed by atoms with E-state index in [0.717, 1.165) is 15.6 Å². The number of halogens is 2. The van der Waals surface area contributed by atoms with Crippen LogP contribution in [-0.4, -0.2) is 18.0 Å². The number of nitrogens with one attached hydrogen (secondary N) is 1. The number of aryl methyl sites for hydroxylation is 1. The van der Waals surface area contributed by atoms with Crippen molar-refractivity contribution in [2.45, 2.75) is 13.5 Å². The third kappa shape index (κ3) is 4.48. The van der Waals surface area contributed by atoms with Crippen LogP contribution in [0.2, 0.25) is 5.02 Å². The van der Waals surface area contributed by atoms with Crippen molar-refractivity contribution in [3.05, 3.63) is 63.1 Å². The second-order valence-electron chi connectivity index (χ2n) is 4.88. The van der Waals surface area contributed by atoms with Crippen LogP contribution in [0, 0.1) is 6.92 Å². The van der Waals surface area contributed by atoms with Crippen LogP contribution in [0.5, 0.6) is 0 Å². The maximum atomic E-state index is 12.2. The fourth-order valence-corrected chi connectivity index (χ4v) is 2.50. The monoisotopic (exact) mass is 366 g/mol. The van der Waals surface area contributed by atoms with Gasteiger partial charge in [0, 0.05) is 28.8 Å². The molecule has 0 spiro atoms. The lowest BCUT2D eigenvalue weighted by atomic mass is 10.2. The molecule has 0 aliphatic rings. The minimum absolute atomic E-state index is 0.171. The Labute approximate surface area is 138 Å². The molecule has 21 heavy (non-hydrogen) atoms. The van der Waals surface area contributed by atoms with Gasteiger partial charge in [-0.2, -0.15) is 0 Å². The van der Waals surface area contributed by atoms with Crippen molar-refractivity contribution in [3.8, 4) is 0 Å². The summed E-state index contributed by atoms with van der Waals surface area (Å²) < 4.78 is 0.999. The minimum Gasteiger partial charge on any atom is -0.323 e. The molecule has 0 aromatic heterocycles. The Hall–Kier alpha value is -1.52. The van der Waals surface area contributed by atoms with E-state index in [4.69, 9.17) is 11.6 Å². The van der Waals surface area contributed by atoms with Gasteiger partial charge >= 0.3 is 6.03 Å². The van der Waals surface area contributed by atoms with E-state index in [-0.39, 0.29) is 6.03 Å². The molecule has 0 unspecified atom stereocenters. The average molecular weight is 368 g/mol. The largest absolute Gasteiger partial charge is 0.323 e. The molecule has 5 heteroatoms. The predicted molar refractivity (Wildman–Crippen MR) is 90.8 cm³/mol. The van der Waals surface area contributed by atoms with Gasteiger partial charge in [-0.3, -0.25) is 0 Å². The number of hydrogen-bond acceptors (Lipinski definition) is 1. The number of hydrogen-bond donors (Lipinski definition) is 1. The minimum atomic E-state index is -0.171. The lowest BCUT2D eigenvalue weighted by Gasteiger charge is -2.18. The smallest absolute Gasteiger partial charge is 0.321 e. The fraction of sp³-hybridized carbons (Fsp3) is 0.188. The van der Waals surface area contributed by atoms with Crippen molar-refractivity contribution >= 4 is 39.2 Å². The van der Waals surface area contributed by atoms with E-state index >= 15 is 0 Å². The van der Waals surface area contributed by atoms with Crippen molar-refractivity contribution in [2.75, 3.05) is 12.4 Å². The number of benzene rings is 2. The Kier molecular flexibility index (Phi) is 5.26. The first kappa shape index (κ1) is 15.9. The molecule has 2 aromatic rings. The second-order valence-corrected chi connectivity index (χ2v) is 6.20. The quantitative estimate of drug-likeness (QED) is 0.806. The molecule has 0 atom stereocenters. The van der Waals surface area contributed by atoms with E-state index in [0.29, 0.717) is 17.3 Å². The Bertz CT molecular complexity index is 660. The van der Waals surface area contributed by atoms with Crippen LogP contribution in [0.25, 0.3) is 0 Å². The Morgan fingerprint density at radius 1 is 1.29 bits per heavy atom. The van der Waals surface area contributed by atoms with Gasteiger partial charge < -0.3 is 10.2 Å². The van der Waals surface area contributed by atoms with Gasteiger partial charge in [-0.15, -0.1) is 0 Å². The molecular formula is C16H16BrClN2O. The molecule has 1 N–H and O–H groups in total. The van der Waals surface area contributed by atoms with Crippen molar-refractivity contribution in [1.29, 1.82) is 0 Å². The van der Waals surface area contributed by atoms with Crippen molar-refractivity contribution in [2.24, 2.45) is 0 Å². The fourth-order valence-electron chi connectivity index (χ4n) is 1.87. The van der Waals surface area contributed by atoms with Crippen molar-refractivity contribution < 1.29 is 4.79 Å². The van der Waals surface area contributed by atoms with E-state index < -0.39 is 0 Å². The third-order valence-corrected chi connectivity index (χ3v) is 3.98. The first-order valence-electron chi connectivity index (χ1n) is 6.48. The number of anilines is 1. The molecular weight excluding hydrogens is 352 g/mol. The highest BCUT2D eigenvalue weighted by Crippen LogP contribution is 2.20. The lowest BCUT2D eigenvalue weighted by molar-refractivity contribution is 0.220. The number of carbonyl (C=O) groups excluding carboxylic acids is 1. The maximum Gasteiger partial charge on any atom is 0.321 e. The number of carbonyl (C=O) groups is 1. The van der Waals surface area contributed by atoms with E-state index in [1.54, 1.807) is 18.0 Å². The molecule has 0 fully saturated rings. The molecule has 0 heterocycles. The molecule has 2 amide bonds. The topological polar surface area (TPSA) is 32.3 Å². The summed E-state index contributed by atoms with van der Waals surface area (Å²) in [5.74, 6) is 0. The van der Waals surface area contributed by atoms with Gasteiger partial charge in [-0.05, 0) is 42.3 Å². The first-order valence-corrected chi connectivity index (χ1v) is 7.65. The number of amides is 2. The highest BCUT2D eigenvalue weighted by atomic mass is 79.9. The average Bonchev–Trinajstić information content (AvgIpc) is 2.43. The predicted octanol–water partition coefficient (Wildman–Crippen LogP) is 5.07. The Morgan fingerprint density at radius 2 is 2.05 bits per heavy atom. The molecule has 2 rings (SSSR count). The maximum absolute atomic E-state index is 12.2. The molecule has 0 saturated heterocycles. The van der Waals surface area contributed by atoms with Crippen LogP contribution in [0.15, 0.2) is 46.9 Å². The lowest BCUT2D eigenvalue weighted by Crippen LogP contribution is -2.30. The standard InChI is InChI=1S/C16H16BrClN2O/c1-11-6-7-14(9-15(11)18)19-16(21)20(2)10-12-4-3-5-13(17)8-12/h3-9H,10H2,1-2H3,(H,19,21). The van der Waals surface area contributed by atoms with Crippen LogP contribution in [-0.2, 0) is 6.54 Å². The molecule has 3 nitrogen and oxygen atoms in total. The van der Waals surface area contributed by atoms with E-state index in [2.05, 4.69) is 21.2 Å². The summed E-state index contributed by atoms with van der Waals surface area (Å²) >= 11 is 9.48. The molecule has 0 bridgehead atoms. The van der Waals surface area contributed by atoms with Crippen LogP contribution in [0.4, 0.5) is 10.5 Å². The molecule has 0 radical (unpaired) electrons. The third-order valence-electron chi connectivity index (χ3n) is 3.08. The zero-order valence-electron chi connectivity index (χ0n) is 11.9. The molecule has 0 saturated carbocycles. The summed E-state index contributed by atoms with van der Waals surface area (Å²) in [4.78, 5) is 13.8. The summed E-state index contributed by atoms with van der Waals surface area (Å²) in [5.41, 5.74) is 2.73. The molecule has 110 valence electrons. The zero-order chi connectivity index (χ0) is 15.4. The Morgan fingerprint density at radius 3 is 2.71 bits per heavy atom. The van der Waals surface area contributed by atoms with Crippen LogP contribution in [0.1, 0.15) is 11.1 Å².